The Morgan fingerprint density at radius 3 is 2.68 bits per heavy atom. The number of nitrogens with zero attached hydrogens (tertiary/aromatic N) is 3. The predicted molar refractivity (Wildman–Crippen MR) is 78.5 cm³/mol. The van der Waals surface area contributed by atoms with Crippen LogP contribution in [0.4, 0.5) is 5.13 Å². The van der Waals surface area contributed by atoms with Crippen LogP contribution >= 0.6 is 46.3 Å². The molecule has 1 aromatic carbocycles. The van der Waals surface area contributed by atoms with Crippen LogP contribution in [-0.4, -0.2) is 20.7 Å². The molecule has 0 amide bonds. The molecule has 0 bridgehead atoms. The lowest BCUT2D eigenvalue weighted by molar-refractivity contribution is 0.474. The van der Waals surface area contributed by atoms with E-state index in [1.165, 1.54) is 6.21 Å². The van der Waals surface area contributed by atoms with Crippen molar-refractivity contribution >= 4 is 57.7 Å². The smallest absolute Gasteiger partial charge is 0.251 e. The van der Waals surface area contributed by atoms with Crippen LogP contribution in [-0.2, 0) is 3.79 Å². The van der Waals surface area contributed by atoms with E-state index >= 15 is 0 Å². The number of hydrogen-bond donors (Lipinski definition) is 2. The Labute approximate surface area is 128 Å². The zero-order valence-corrected chi connectivity index (χ0v) is 12.3. The van der Waals surface area contributed by atoms with Crippen LogP contribution < -0.4 is 5.43 Å². The Morgan fingerprint density at radius 2 is 2.05 bits per heavy atom. The topological polar surface area (TPSA) is 70.4 Å². The first-order valence-corrected chi connectivity index (χ1v) is 6.85. The molecule has 0 aliphatic rings. The predicted octanol–water partition coefficient (Wildman–Crippen LogP) is 3.52. The first-order chi connectivity index (χ1) is 8.97. The van der Waals surface area contributed by atoms with Gasteiger partial charge >= 0.3 is 0 Å². The molecule has 0 aliphatic heterocycles. The number of hydrazone groups is 1. The van der Waals surface area contributed by atoms with Gasteiger partial charge in [-0.3, -0.25) is 5.43 Å². The average Bonchev–Trinajstić information content (AvgIpc) is 2.80. The maximum atomic E-state index is 9.52. The summed E-state index contributed by atoms with van der Waals surface area (Å²) >= 11 is 17.9. The van der Waals surface area contributed by atoms with Crippen LogP contribution in [0.2, 0.25) is 0 Å². The van der Waals surface area contributed by atoms with Gasteiger partial charge in [0.05, 0.1) is 6.21 Å². The molecule has 0 fully saturated rings. The van der Waals surface area contributed by atoms with E-state index in [4.69, 9.17) is 34.8 Å². The van der Waals surface area contributed by atoms with Crippen molar-refractivity contribution in [1.29, 1.82) is 0 Å². The normalized spacial score (nSPS) is 11.9. The SMILES string of the molecule is Oc1ccccc1/C=N/Nc1nc(C(Cl)(Cl)Cl)ns1. The largest absolute Gasteiger partial charge is 0.507 e. The van der Waals surface area contributed by atoms with E-state index in [1.807, 2.05) is 0 Å². The molecule has 19 heavy (non-hydrogen) atoms. The molecule has 2 N–H and O–H groups in total. The highest BCUT2D eigenvalue weighted by atomic mass is 35.6. The lowest BCUT2D eigenvalue weighted by atomic mass is 10.2. The lowest BCUT2D eigenvalue weighted by Gasteiger charge is -2.02. The van der Waals surface area contributed by atoms with Gasteiger partial charge in [0.2, 0.25) is 5.13 Å². The van der Waals surface area contributed by atoms with E-state index in [1.54, 1.807) is 24.3 Å². The summed E-state index contributed by atoms with van der Waals surface area (Å²) in [5.74, 6) is 0.218. The van der Waals surface area contributed by atoms with Crippen molar-refractivity contribution in [1.82, 2.24) is 9.36 Å². The minimum absolute atomic E-state index is 0.0859. The van der Waals surface area contributed by atoms with Crippen LogP contribution in [0.15, 0.2) is 29.4 Å². The van der Waals surface area contributed by atoms with Gasteiger partial charge in [0.1, 0.15) is 5.75 Å². The second-order valence-corrected chi connectivity index (χ2v) is 6.38. The number of anilines is 1. The number of para-hydroxylation sites is 1. The van der Waals surface area contributed by atoms with Crippen LogP contribution in [0.25, 0.3) is 0 Å². The standard InChI is InChI=1S/C10H7Cl3N4OS/c11-10(12,13)8-15-9(19-17-8)16-14-5-6-3-1-2-4-7(6)18/h1-5,18H,(H,15,16,17)/b14-5+. The molecule has 0 unspecified atom stereocenters. The first-order valence-electron chi connectivity index (χ1n) is 4.95. The number of alkyl halides is 3. The number of hydrogen-bond acceptors (Lipinski definition) is 6. The van der Waals surface area contributed by atoms with Crippen LogP contribution in [0.5, 0.6) is 5.75 Å². The summed E-state index contributed by atoms with van der Waals surface area (Å²) in [6.07, 6.45) is 1.45. The fourth-order valence-corrected chi connectivity index (χ4v) is 2.11. The molecular formula is C10H7Cl3N4OS. The summed E-state index contributed by atoms with van der Waals surface area (Å²) in [5, 5.41) is 13.8. The van der Waals surface area contributed by atoms with Gasteiger partial charge in [0.25, 0.3) is 3.79 Å². The lowest BCUT2D eigenvalue weighted by Crippen LogP contribution is -2.02. The molecule has 9 heteroatoms. The maximum absolute atomic E-state index is 9.52. The third-order valence-electron chi connectivity index (χ3n) is 1.98. The fourth-order valence-electron chi connectivity index (χ4n) is 1.14. The highest BCUT2D eigenvalue weighted by Gasteiger charge is 2.28. The van der Waals surface area contributed by atoms with Crippen molar-refractivity contribution in [3.05, 3.63) is 35.7 Å². The summed E-state index contributed by atoms with van der Waals surface area (Å²) in [7, 11) is 0. The van der Waals surface area contributed by atoms with Gasteiger partial charge in [-0.15, -0.1) is 0 Å². The molecule has 0 radical (unpaired) electrons. The molecule has 5 nitrogen and oxygen atoms in total. The van der Waals surface area contributed by atoms with Crippen molar-refractivity contribution in [2.24, 2.45) is 5.10 Å². The monoisotopic (exact) mass is 336 g/mol. The number of aromatic nitrogens is 2. The van der Waals surface area contributed by atoms with Gasteiger partial charge in [-0.25, -0.2) is 0 Å². The van der Waals surface area contributed by atoms with Crippen molar-refractivity contribution in [2.45, 2.75) is 3.79 Å². The van der Waals surface area contributed by atoms with Gasteiger partial charge in [0, 0.05) is 17.1 Å². The van der Waals surface area contributed by atoms with E-state index in [-0.39, 0.29) is 11.6 Å². The van der Waals surface area contributed by atoms with Crippen LogP contribution in [0, 0.1) is 0 Å². The van der Waals surface area contributed by atoms with Crippen molar-refractivity contribution < 1.29 is 5.11 Å². The number of aromatic hydroxyl groups is 1. The summed E-state index contributed by atoms with van der Waals surface area (Å²) < 4.78 is 2.22. The van der Waals surface area contributed by atoms with Crippen molar-refractivity contribution in [3.8, 4) is 5.75 Å². The Bertz CT molecular complexity index is 596. The second-order valence-electron chi connectivity index (χ2n) is 3.35. The first kappa shape index (κ1) is 14.3. The van der Waals surface area contributed by atoms with E-state index < -0.39 is 3.79 Å². The minimum atomic E-state index is -1.65. The second kappa shape index (κ2) is 5.92. The molecule has 2 aromatic rings. The van der Waals surface area contributed by atoms with Gasteiger partial charge < -0.3 is 5.11 Å². The minimum Gasteiger partial charge on any atom is -0.507 e. The van der Waals surface area contributed by atoms with E-state index in [0.29, 0.717) is 10.7 Å². The number of benzene rings is 1. The summed E-state index contributed by atoms with van der Waals surface area (Å²) in [5.41, 5.74) is 3.21. The molecule has 1 aromatic heterocycles. The Balaban J connectivity index is 2.03. The Hall–Kier alpha value is -1.08. The molecule has 0 saturated heterocycles. The molecular weight excluding hydrogens is 331 g/mol. The zero-order chi connectivity index (χ0) is 13.9. The van der Waals surface area contributed by atoms with Gasteiger partial charge in [0.15, 0.2) is 5.82 Å². The summed E-state index contributed by atoms with van der Waals surface area (Å²) in [4.78, 5) is 3.96. The third-order valence-corrected chi connectivity index (χ3v) is 3.11. The molecule has 0 saturated carbocycles. The Morgan fingerprint density at radius 1 is 1.32 bits per heavy atom. The van der Waals surface area contributed by atoms with Gasteiger partial charge in [-0.05, 0) is 12.1 Å². The molecule has 0 atom stereocenters. The molecule has 2 rings (SSSR count). The number of rotatable bonds is 3. The maximum Gasteiger partial charge on any atom is 0.251 e. The Kier molecular flexibility index (Phi) is 4.46. The van der Waals surface area contributed by atoms with Crippen LogP contribution in [0.1, 0.15) is 11.4 Å². The number of phenols is 1. The van der Waals surface area contributed by atoms with Gasteiger partial charge in [-0.2, -0.15) is 14.5 Å². The third kappa shape index (κ3) is 3.94. The van der Waals surface area contributed by atoms with Crippen molar-refractivity contribution in [3.63, 3.8) is 0 Å². The fraction of sp³-hybridized carbons (Fsp3) is 0.100. The number of nitrogens with one attached hydrogen (secondary N) is 1. The van der Waals surface area contributed by atoms with Crippen molar-refractivity contribution in [2.75, 3.05) is 5.43 Å². The molecule has 1 heterocycles. The highest BCUT2D eigenvalue weighted by molar-refractivity contribution is 7.09. The average molecular weight is 338 g/mol. The zero-order valence-electron chi connectivity index (χ0n) is 9.22. The van der Waals surface area contributed by atoms with Gasteiger partial charge in [-0.1, -0.05) is 46.9 Å². The molecule has 0 spiro atoms. The number of phenolic OH excluding ortho intramolecular Hbond substituents is 1. The van der Waals surface area contributed by atoms with E-state index in [9.17, 15) is 5.11 Å². The summed E-state index contributed by atoms with van der Waals surface area (Å²) in [6.45, 7) is 0. The summed E-state index contributed by atoms with van der Waals surface area (Å²) in [6, 6.07) is 6.78. The molecule has 0 aliphatic carbocycles. The van der Waals surface area contributed by atoms with Crippen LogP contribution in [0.3, 0.4) is 0 Å². The van der Waals surface area contributed by atoms with E-state index in [0.717, 1.165) is 11.5 Å². The quantitative estimate of drug-likeness (QED) is 0.511. The number of halogens is 3. The highest BCUT2D eigenvalue weighted by Crippen LogP contribution is 2.37. The molecule has 100 valence electrons. The van der Waals surface area contributed by atoms with E-state index in [2.05, 4.69) is 19.9 Å².